The van der Waals surface area contributed by atoms with Gasteiger partial charge in [0.15, 0.2) is 0 Å². The van der Waals surface area contributed by atoms with Gasteiger partial charge in [-0.05, 0) is 54.2 Å². The van der Waals surface area contributed by atoms with Gasteiger partial charge in [0.1, 0.15) is 5.75 Å². The Morgan fingerprint density at radius 2 is 2.00 bits per heavy atom. The lowest BCUT2D eigenvalue weighted by molar-refractivity contribution is 0.399. The monoisotopic (exact) mass is 271 g/mol. The van der Waals surface area contributed by atoms with E-state index in [2.05, 4.69) is 28.1 Å². The normalized spacial score (nSPS) is 11.6. The fourth-order valence-corrected chi connectivity index (χ4v) is 2.09. The van der Waals surface area contributed by atoms with E-state index in [4.69, 9.17) is 10.5 Å². The SMILES string of the molecule is COc1c(CC(C)(C)N)ccc(C)c1Br. The van der Waals surface area contributed by atoms with Gasteiger partial charge < -0.3 is 10.5 Å². The lowest BCUT2D eigenvalue weighted by Crippen LogP contribution is -2.34. The molecule has 84 valence electrons. The molecule has 0 heterocycles. The van der Waals surface area contributed by atoms with Gasteiger partial charge in [0.2, 0.25) is 0 Å². The van der Waals surface area contributed by atoms with Gasteiger partial charge in [0, 0.05) is 5.54 Å². The lowest BCUT2D eigenvalue weighted by atomic mass is 9.95. The number of rotatable bonds is 3. The lowest BCUT2D eigenvalue weighted by Gasteiger charge is -2.21. The van der Waals surface area contributed by atoms with Crippen LogP contribution in [0.15, 0.2) is 16.6 Å². The van der Waals surface area contributed by atoms with Gasteiger partial charge in [0.05, 0.1) is 11.6 Å². The quantitative estimate of drug-likeness (QED) is 0.917. The van der Waals surface area contributed by atoms with Gasteiger partial charge in [0.25, 0.3) is 0 Å². The van der Waals surface area contributed by atoms with Gasteiger partial charge in [-0.1, -0.05) is 12.1 Å². The van der Waals surface area contributed by atoms with Crippen molar-refractivity contribution in [3.63, 3.8) is 0 Å². The molecule has 1 aromatic carbocycles. The van der Waals surface area contributed by atoms with Crippen LogP contribution in [0.5, 0.6) is 5.75 Å². The minimum Gasteiger partial charge on any atom is -0.495 e. The molecule has 0 fully saturated rings. The molecule has 0 aliphatic heterocycles. The van der Waals surface area contributed by atoms with Crippen molar-refractivity contribution >= 4 is 15.9 Å². The molecule has 1 rings (SSSR count). The zero-order chi connectivity index (χ0) is 11.6. The van der Waals surface area contributed by atoms with Gasteiger partial charge >= 0.3 is 0 Å². The Kier molecular flexibility index (Phi) is 3.79. The van der Waals surface area contributed by atoms with Crippen molar-refractivity contribution in [3.05, 3.63) is 27.7 Å². The van der Waals surface area contributed by atoms with Crippen LogP contribution in [0.25, 0.3) is 0 Å². The number of ether oxygens (including phenoxy) is 1. The number of hydrogen-bond donors (Lipinski definition) is 1. The first-order valence-corrected chi connectivity index (χ1v) is 5.75. The average Bonchev–Trinajstić information content (AvgIpc) is 2.10. The predicted octanol–water partition coefficient (Wildman–Crippen LogP) is 3.05. The van der Waals surface area contributed by atoms with E-state index in [1.807, 2.05) is 20.8 Å². The minimum atomic E-state index is -0.220. The molecule has 0 aliphatic rings. The highest BCUT2D eigenvalue weighted by Crippen LogP contribution is 2.33. The van der Waals surface area contributed by atoms with Crippen molar-refractivity contribution in [2.24, 2.45) is 5.73 Å². The summed E-state index contributed by atoms with van der Waals surface area (Å²) in [4.78, 5) is 0. The highest BCUT2D eigenvalue weighted by atomic mass is 79.9. The van der Waals surface area contributed by atoms with Gasteiger partial charge in [-0.25, -0.2) is 0 Å². The van der Waals surface area contributed by atoms with Crippen molar-refractivity contribution in [3.8, 4) is 5.75 Å². The number of halogens is 1. The fraction of sp³-hybridized carbons (Fsp3) is 0.500. The van der Waals surface area contributed by atoms with Crippen LogP contribution < -0.4 is 10.5 Å². The third kappa shape index (κ3) is 3.21. The standard InChI is InChI=1S/C12H18BrNO/c1-8-5-6-9(7-12(2,3)14)11(15-4)10(8)13/h5-6H,7,14H2,1-4H3. The molecule has 2 N–H and O–H groups in total. The Bertz CT molecular complexity index is 355. The summed E-state index contributed by atoms with van der Waals surface area (Å²) < 4.78 is 6.42. The van der Waals surface area contributed by atoms with E-state index in [1.54, 1.807) is 7.11 Å². The summed E-state index contributed by atoms with van der Waals surface area (Å²) in [6.07, 6.45) is 0.801. The van der Waals surface area contributed by atoms with E-state index in [9.17, 15) is 0 Å². The van der Waals surface area contributed by atoms with Crippen molar-refractivity contribution in [2.45, 2.75) is 32.7 Å². The Morgan fingerprint density at radius 3 is 2.47 bits per heavy atom. The largest absolute Gasteiger partial charge is 0.495 e. The van der Waals surface area contributed by atoms with Crippen LogP contribution in [0.1, 0.15) is 25.0 Å². The molecule has 0 saturated heterocycles. The number of benzene rings is 1. The van der Waals surface area contributed by atoms with Crippen LogP contribution in [0.2, 0.25) is 0 Å². The molecular formula is C12H18BrNO. The maximum absolute atomic E-state index is 6.01. The molecule has 0 spiro atoms. The third-order valence-electron chi connectivity index (χ3n) is 2.22. The van der Waals surface area contributed by atoms with E-state index in [0.717, 1.165) is 22.2 Å². The van der Waals surface area contributed by atoms with E-state index >= 15 is 0 Å². The first-order valence-electron chi connectivity index (χ1n) is 4.96. The molecule has 0 unspecified atom stereocenters. The van der Waals surface area contributed by atoms with E-state index in [-0.39, 0.29) is 5.54 Å². The summed E-state index contributed by atoms with van der Waals surface area (Å²) in [7, 11) is 1.69. The third-order valence-corrected chi connectivity index (χ3v) is 3.21. The summed E-state index contributed by atoms with van der Waals surface area (Å²) in [5, 5.41) is 0. The molecule has 0 bridgehead atoms. The topological polar surface area (TPSA) is 35.2 Å². The summed E-state index contributed by atoms with van der Waals surface area (Å²) in [6, 6.07) is 4.15. The van der Waals surface area contributed by atoms with Crippen LogP contribution in [0, 0.1) is 6.92 Å². The minimum absolute atomic E-state index is 0.220. The van der Waals surface area contributed by atoms with Crippen molar-refractivity contribution in [1.82, 2.24) is 0 Å². The van der Waals surface area contributed by atoms with Crippen LogP contribution in [-0.2, 0) is 6.42 Å². The second-order valence-corrected chi connectivity index (χ2v) is 5.35. The molecule has 3 heteroatoms. The number of hydrogen-bond acceptors (Lipinski definition) is 2. The Balaban J connectivity index is 3.14. The summed E-state index contributed by atoms with van der Waals surface area (Å²) in [5.74, 6) is 0.897. The molecule has 0 saturated carbocycles. The predicted molar refractivity (Wildman–Crippen MR) is 67.4 cm³/mol. The fourth-order valence-electron chi connectivity index (χ4n) is 1.55. The number of aryl methyl sites for hydroxylation is 1. The smallest absolute Gasteiger partial charge is 0.136 e. The van der Waals surface area contributed by atoms with Crippen molar-refractivity contribution in [1.29, 1.82) is 0 Å². The van der Waals surface area contributed by atoms with Crippen molar-refractivity contribution in [2.75, 3.05) is 7.11 Å². The Morgan fingerprint density at radius 1 is 1.40 bits per heavy atom. The summed E-state index contributed by atoms with van der Waals surface area (Å²) in [6.45, 7) is 6.07. The molecule has 0 aliphatic carbocycles. The average molecular weight is 272 g/mol. The maximum atomic E-state index is 6.01. The molecule has 15 heavy (non-hydrogen) atoms. The maximum Gasteiger partial charge on any atom is 0.136 e. The van der Waals surface area contributed by atoms with E-state index < -0.39 is 0 Å². The molecule has 2 nitrogen and oxygen atoms in total. The highest BCUT2D eigenvalue weighted by molar-refractivity contribution is 9.10. The molecular weight excluding hydrogens is 254 g/mol. The number of methoxy groups -OCH3 is 1. The van der Waals surface area contributed by atoms with Crippen molar-refractivity contribution < 1.29 is 4.74 Å². The summed E-state index contributed by atoms with van der Waals surface area (Å²) in [5.41, 5.74) is 8.10. The first kappa shape index (κ1) is 12.5. The Hall–Kier alpha value is -0.540. The van der Waals surface area contributed by atoms with Gasteiger partial charge in [-0.3, -0.25) is 0 Å². The second-order valence-electron chi connectivity index (χ2n) is 4.55. The zero-order valence-electron chi connectivity index (χ0n) is 9.73. The van der Waals surface area contributed by atoms with Crippen LogP contribution in [0.4, 0.5) is 0 Å². The molecule has 1 aromatic rings. The van der Waals surface area contributed by atoms with Crippen LogP contribution in [-0.4, -0.2) is 12.6 Å². The zero-order valence-corrected chi connectivity index (χ0v) is 11.3. The first-order chi connectivity index (χ1) is 6.85. The highest BCUT2D eigenvalue weighted by Gasteiger charge is 2.17. The molecule has 0 radical (unpaired) electrons. The van der Waals surface area contributed by atoms with E-state index in [1.165, 1.54) is 5.56 Å². The molecule has 0 amide bonds. The Labute approximate surface area is 99.9 Å². The molecule has 0 atom stereocenters. The van der Waals surface area contributed by atoms with Gasteiger partial charge in [-0.15, -0.1) is 0 Å². The van der Waals surface area contributed by atoms with Crippen LogP contribution in [0.3, 0.4) is 0 Å². The summed E-state index contributed by atoms with van der Waals surface area (Å²) >= 11 is 3.53. The second kappa shape index (κ2) is 4.54. The van der Waals surface area contributed by atoms with Gasteiger partial charge in [-0.2, -0.15) is 0 Å². The molecule has 0 aromatic heterocycles. The van der Waals surface area contributed by atoms with Crippen LogP contribution >= 0.6 is 15.9 Å². The van der Waals surface area contributed by atoms with E-state index in [0.29, 0.717) is 0 Å². The number of nitrogens with two attached hydrogens (primary N) is 1.